The predicted octanol–water partition coefficient (Wildman–Crippen LogP) is 2.20. The molecule has 0 amide bonds. The Morgan fingerprint density at radius 1 is 1.04 bits per heavy atom. The van der Waals surface area contributed by atoms with Crippen LogP contribution >= 0.6 is 0 Å². The second kappa shape index (κ2) is 7.98. The van der Waals surface area contributed by atoms with Gasteiger partial charge in [0.1, 0.15) is 18.2 Å². The van der Waals surface area contributed by atoms with Crippen LogP contribution in [0.3, 0.4) is 0 Å². The van der Waals surface area contributed by atoms with Gasteiger partial charge in [-0.15, -0.1) is 0 Å². The number of hydrogen-bond acceptors (Lipinski definition) is 5. The van der Waals surface area contributed by atoms with E-state index in [1.165, 1.54) is 50.6 Å². The molecule has 130 valence electrons. The third-order valence-electron chi connectivity index (χ3n) is 3.12. The van der Waals surface area contributed by atoms with Gasteiger partial charge in [0, 0.05) is 18.7 Å². The van der Waals surface area contributed by atoms with Crippen molar-refractivity contribution in [1.82, 2.24) is 4.72 Å². The van der Waals surface area contributed by atoms with Crippen LogP contribution in [0.15, 0.2) is 47.4 Å². The molecule has 6 nitrogen and oxygen atoms in total. The monoisotopic (exact) mass is 355 g/mol. The maximum atomic E-state index is 13.0. The topological polar surface area (TPSA) is 73.9 Å². The van der Waals surface area contributed by atoms with Crippen molar-refractivity contribution in [3.63, 3.8) is 0 Å². The first-order valence-corrected chi connectivity index (χ1v) is 8.54. The lowest BCUT2D eigenvalue weighted by atomic mass is 10.3. The zero-order valence-electron chi connectivity index (χ0n) is 13.3. The van der Waals surface area contributed by atoms with Crippen LogP contribution in [0.1, 0.15) is 0 Å². The Hall–Kier alpha value is -2.32. The van der Waals surface area contributed by atoms with Crippen molar-refractivity contribution < 1.29 is 27.0 Å². The largest absolute Gasteiger partial charge is 0.493 e. The minimum Gasteiger partial charge on any atom is -0.493 e. The van der Waals surface area contributed by atoms with E-state index in [1.54, 1.807) is 6.07 Å². The zero-order valence-corrected chi connectivity index (χ0v) is 14.1. The van der Waals surface area contributed by atoms with Gasteiger partial charge in [0.25, 0.3) is 0 Å². The summed E-state index contributed by atoms with van der Waals surface area (Å²) < 4.78 is 55.3. The smallest absolute Gasteiger partial charge is 0.240 e. The first kappa shape index (κ1) is 18.0. The second-order valence-corrected chi connectivity index (χ2v) is 6.49. The Morgan fingerprint density at radius 3 is 2.46 bits per heavy atom. The summed E-state index contributed by atoms with van der Waals surface area (Å²) >= 11 is 0. The molecule has 0 aliphatic heterocycles. The molecular formula is C16H18FNO5S. The molecule has 0 aliphatic rings. The fourth-order valence-corrected chi connectivity index (χ4v) is 3.00. The molecule has 2 rings (SSSR count). The lowest BCUT2D eigenvalue weighted by Crippen LogP contribution is -2.28. The summed E-state index contributed by atoms with van der Waals surface area (Å²) in [7, 11) is -0.829. The van der Waals surface area contributed by atoms with E-state index in [1.807, 2.05) is 0 Å². The van der Waals surface area contributed by atoms with E-state index in [0.717, 1.165) is 0 Å². The summed E-state index contributed by atoms with van der Waals surface area (Å²) in [5.74, 6) is 0.668. The summed E-state index contributed by atoms with van der Waals surface area (Å²) in [5.41, 5.74) is 0. The van der Waals surface area contributed by atoms with Crippen molar-refractivity contribution in [2.45, 2.75) is 4.90 Å². The van der Waals surface area contributed by atoms with E-state index in [2.05, 4.69) is 4.72 Å². The molecule has 0 aliphatic carbocycles. The number of benzene rings is 2. The third-order valence-corrected chi connectivity index (χ3v) is 4.58. The van der Waals surface area contributed by atoms with Gasteiger partial charge in [-0.05, 0) is 24.3 Å². The minimum absolute atomic E-state index is 0.0349. The Kier molecular flexibility index (Phi) is 5.99. The molecule has 0 atom stereocenters. The summed E-state index contributed by atoms with van der Waals surface area (Å²) in [4.78, 5) is 0.0471. The Balaban J connectivity index is 1.96. The van der Waals surface area contributed by atoms with Crippen molar-refractivity contribution in [2.75, 3.05) is 27.4 Å². The highest BCUT2D eigenvalue weighted by Gasteiger charge is 2.16. The standard InChI is InChI=1S/C16H18FNO5S/c1-21-15-7-6-14(11-16(15)22-2)24(19,20)18-8-9-23-13-5-3-4-12(17)10-13/h3-7,10-11,18H,8-9H2,1-2H3. The average molecular weight is 355 g/mol. The average Bonchev–Trinajstić information content (AvgIpc) is 2.58. The van der Waals surface area contributed by atoms with E-state index in [0.29, 0.717) is 17.2 Å². The van der Waals surface area contributed by atoms with Crippen molar-refractivity contribution in [3.05, 3.63) is 48.3 Å². The molecule has 2 aromatic carbocycles. The molecule has 0 spiro atoms. The van der Waals surface area contributed by atoms with Crippen LogP contribution in [-0.4, -0.2) is 35.8 Å². The van der Waals surface area contributed by atoms with Gasteiger partial charge >= 0.3 is 0 Å². The molecule has 0 bridgehead atoms. The van der Waals surface area contributed by atoms with Gasteiger partial charge in [-0.3, -0.25) is 0 Å². The quantitative estimate of drug-likeness (QED) is 0.735. The highest BCUT2D eigenvalue weighted by atomic mass is 32.2. The molecular weight excluding hydrogens is 337 g/mol. The van der Waals surface area contributed by atoms with Crippen molar-refractivity contribution in [3.8, 4) is 17.2 Å². The molecule has 2 aromatic rings. The second-order valence-electron chi connectivity index (χ2n) is 4.72. The summed E-state index contributed by atoms with van der Waals surface area (Å²) in [5, 5.41) is 0. The molecule has 0 aromatic heterocycles. The first-order chi connectivity index (χ1) is 11.5. The van der Waals surface area contributed by atoms with Crippen molar-refractivity contribution in [2.24, 2.45) is 0 Å². The van der Waals surface area contributed by atoms with Crippen LogP contribution < -0.4 is 18.9 Å². The molecule has 0 fully saturated rings. The maximum Gasteiger partial charge on any atom is 0.240 e. The highest BCUT2D eigenvalue weighted by Crippen LogP contribution is 2.29. The van der Waals surface area contributed by atoms with Gasteiger partial charge in [-0.25, -0.2) is 17.5 Å². The molecule has 24 heavy (non-hydrogen) atoms. The fraction of sp³-hybridized carbons (Fsp3) is 0.250. The van der Waals surface area contributed by atoms with Crippen LogP contribution in [0, 0.1) is 5.82 Å². The van der Waals surface area contributed by atoms with E-state index in [9.17, 15) is 12.8 Å². The molecule has 0 radical (unpaired) electrons. The number of methoxy groups -OCH3 is 2. The Morgan fingerprint density at radius 2 is 1.79 bits per heavy atom. The van der Waals surface area contributed by atoms with Crippen LogP contribution in [-0.2, 0) is 10.0 Å². The van der Waals surface area contributed by atoms with Gasteiger partial charge in [0.05, 0.1) is 19.1 Å². The molecule has 0 saturated heterocycles. The van der Waals surface area contributed by atoms with Crippen molar-refractivity contribution >= 4 is 10.0 Å². The SMILES string of the molecule is COc1ccc(S(=O)(=O)NCCOc2cccc(F)c2)cc1OC. The highest BCUT2D eigenvalue weighted by molar-refractivity contribution is 7.89. The number of sulfonamides is 1. The molecule has 0 unspecified atom stereocenters. The summed E-state index contributed by atoms with van der Waals surface area (Å²) in [6.07, 6.45) is 0. The van der Waals surface area contributed by atoms with Gasteiger partial charge in [-0.1, -0.05) is 6.07 Å². The third kappa shape index (κ3) is 4.59. The minimum atomic E-state index is -3.72. The molecule has 0 saturated carbocycles. The maximum absolute atomic E-state index is 13.0. The van der Waals surface area contributed by atoms with E-state index < -0.39 is 15.8 Å². The summed E-state index contributed by atoms with van der Waals surface area (Å²) in [6.45, 7) is 0.100. The lowest BCUT2D eigenvalue weighted by Gasteiger charge is -2.11. The number of nitrogens with one attached hydrogen (secondary N) is 1. The van der Waals surface area contributed by atoms with E-state index in [-0.39, 0.29) is 18.0 Å². The number of halogens is 1. The number of ether oxygens (including phenoxy) is 3. The Bertz CT molecular complexity index is 795. The van der Waals surface area contributed by atoms with Gasteiger partial charge in [-0.2, -0.15) is 0 Å². The Labute approximate surface area is 140 Å². The van der Waals surface area contributed by atoms with Gasteiger partial charge < -0.3 is 14.2 Å². The van der Waals surface area contributed by atoms with Crippen LogP contribution in [0.25, 0.3) is 0 Å². The number of rotatable bonds is 8. The van der Waals surface area contributed by atoms with Gasteiger partial charge in [0.2, 0.25) is 10.0 Å². The fourth-order valence-electron chi connectivity index (χ4n) is 1.97. The lowest BCUT2D eigenvalue weighted by molar-refractivity contribution is 0.321. The molecule has 1 N–H and O–H groups in total. The first-order valence-electron chi connectivity index (χ1n) is 7.06. The van der Waals surface area contributed by atoms with Gasteiger partial charge in [0.15, 0.2) is 11.5 Å². The summed E-state index contributed by atoms with van der Waals surface area (Å²) in [6, 6.07) is 9.92. The van der Waals surface area contributed by atoms with Crippen LogP contribution in [0.4, 0.5) is 4.39 Å². The van der Waals surface area contributed by atoms with E-state index >= 15 is 0 Å². The number of hydrogen-bond donors (Lipinski definition) is 1. The molecule has 0 heterocycles. The van der Waals surface area contributed by atoms with Crippen LogP contribution in [0.2, 0.25) is 0 Å². The van der Waals surface area contributed by atoms with Crippen molar-refractivity contribution in [1.29, 1.82) is 0 Å². The zero-order chi connectivity index (χ0) is 17.6. The normalized spacial score (nSPS) is 11.1. The van der Waals surface area contributed by atoms with E-state index in [4.69, 9.17) is 14.2 Å². The predicted molar refractivity (Wildman–Crippen MR) is 86.6 cm³/mol. The molecule has 8 heteroatoms. The van der Waals surface area contributed by atoms with Crippen LogP contribution in [0.5, 0.6) is 17.2 Å².